The minimum atomic E-state index is 0.384. The predicted molar refractivity (Wildman–Crippen MR) is 32.6 cm³/mol. The Balaban J connectivity index is 2.41. The van der Waals surface area contributed by atoms with Crippen LogP contribution >= 0.6 is 0 Å². The molecule has 1 rings (SSSR count). The Hall–Kier alpha value is -0.330. The molecule has 1 heteroatoms. The monoisotopic (exact) mass is 112 g/mol. The fourth-order valence-electron chi connectivity index (χ4n) is 1.38. The van der Waals surface area contributed by atoms with Crippen LogP contribution < -0.4 is 0 Å². The van der Waals surface area contributed by atoms with Gasteiger partial charge in [-0.25, -0.2) is 0 Å². The van der Waals surface area contributed by atoms with Crippen LogP contribution in [0.15, 0.2) is 0 Å². The molecule has 0 bridgehead atoms. The van der Waals surface area contributed by atoms with Gasteiger partial charge in [0, 0.05) is 5.92 Å². The van der Waals surface area contributed by atoms with Crippen molar-refractivity contribution in [3.8, 4) is 0 Å². The maximum Gasteiger partial charge on any atom is 0.123 e. The van der Waals surface area contributed by atoms with Gasteiger partial charge in [-0.15, -0.1) is 0 Å². The van der Waals surface area contributed by atoms with E-state index in [0.29, 0.717) is 11.8 Å². The third-order valence-electron chi connectivity index (χ3n) is 2.10. The summed E-state index contributed by atoms with van der Waals surface area (Å²) in [5.74, 6) is 1.04. The van der Waals surface area contributed by atoms with Crippen LogP contribution in [-0.4, -0.2) is 6.29 Å². The molecule has 0 aliphatic heterocycles. The highest BCUT2D eigenvalue weighted by Gasteiger charge is 2.21. The molecule has 0 aromatic rings. The first kappa shape index (κ1) is 5.80. The summed E-state index contributed by atoms with van der Waals surface area (Å²) in [7, 11) is 0. The SMILES string of the molecule is C[C@H]1CCCC1C=O. The van der Waals surface area contributed by atoms with E-state index < -0.39 is 0 Å². The number of hydrogen-bond acceptors (Lipinski definition) is 1. The lowest BCUT2D eigenvalue weighted by Crippen LogP contribution is -2.03. The Morgan fingerprint density at radius 3 is 2.50 bits per heavy atom. The Morgan fingerprint density at radius 2 is 2.25 bits per heavy atom. The van der Waals surface area contributed by atoms with Gasteiger partial charge in [-0.05, 0) is 12.3 Å². The zero-order valence-electron chi connectivity index (χ0n) is 5.26. The number of carbonyl (C=O) groups is 1. The van der Waals surface area contributed by atoms with Crippen LogP contribution in [-0.2, 0) is 4.79 Å². The van der Waals surface area contributed by atoms with Crippen molar-refractivity contribution in [3.63, 3.8) is 0 Å². The lowest BCUT2D eigenvalue weighted by atomic mass is 10.0. The highest BCUT2D eigenvalue weighted by atomic mass is 16.1. The fraction of sp³-hybridized carbons (Fsp3) is 0.857. The molecular weight excluding hydrogens is 100 g/mol. The molecule has 0 N–H and O–H groups in total. The highest BCUT2D eigenvalue weighted by Crippen LogP contribution is 2.28. The standard InChI is InChI=1S/C7H12O/c1-6-3-2-4-7(6)5-8/h5-7H,2-4H2,1H3/t6-,7?/m0/s1. The van der Waals surface area contributed by atoms with Crippen molar-refractivity contribution in [1.29, 1.82) is 0 Å². The average molecular weight is 112 g/mol. The zero-order valence-corrected chi connectivity index (χ0v) is 5.26. The van der Waals surface area contributed by atoms with Gasteiger partial charge in [0.1, 0.15) is 6.29 Å². The Labute approximate surface area is 50.1 Å². The second kappa shape index (κ2) is 2.29. The lowest BCUT2D eigenvalue weighted by Gasteiger charge is -2.03. The second-order valence-corrected chi connectivity index (χ2v) is 2.71. The van der Waals surface area contributed by atoms with Gasteiger partial charge < -0.3 is 4.79 Å². The molecule has 1 nitrogen and oxygen atoms in total. The second-order valence-electron chi connectivity index (χ2n) is 2.71. The molecule has 0 aromatic heterocycles. The summed E-state index contributed by atoms with van der Waals surface area (Å²) in [6.45, 7) is 2.16. The van der Waals surface area contributed by atoms with E-state index in [1.807, 2.05) is 0 Å². The van der Waals surface area contributed by atoms with Crippen molar-refractivity contribution in [2.45, 2.75) is 26.2 Å². The fourth-order valence-corrected chi connectivity index (χ4v) is 1.38. The molecule has 1 unspecified atom stereocenters. The summed E-state index contributed by atoms with van der Waals surface area (Å²) >= 11 is 0. The van der Waals surface area contributed by atoms with E-state index in [1.54, 1.807) is 0 Å². The summed E-state index contributed by atoms with van der Waals surface area (Å²) < 4.78 is 0. The zero-order chi connectivity index (χ0) is 5.98. The molecule has 2 atom stereocenters. The van der Waals surface area contributed by atoms with E-state index >= 15 is 0 Å². The summed E-state index contributed by atoms with van der Waals surface area (Å²) in [6.07, 6.45) is 4.75. The first-order chi connectivity index (χ1) is 3.84. The van der Waals surface area contributed by atoms with E-state index in [0.717, 1.165) is 12.7 Å². The molecule has 0 saturated heterocycles. The highest BCUT2D eigenvalue weighted by molar-refractivity contribution is 5.54. The van der Waals surface area contributed by atoms with Gasteiger partial charge >= 0.3 is 0 Å². The molecule has 1 aliphatic rings. The van der Waals surface area contributed by atoms with Gasteiger partial charge in [-0.1, -0.05) is 19.8 Å². The average Bonchev–Trinajstić information content (AvgIpc) is 2.14. The van der Waals surface area contributed by atoms with Crippen LogP contribution in [0.1, 0.15) is 26.2 Å². The van der Waals surface area contributed by atoms with Crippen LogP contribution in [0.5, 0.6) is 0 Å². The Morgan fingerprint density at radius 1 is 1.50 bits per heavy atom. The topological polar surface area (TPSA) is 17.1 Å². The summed E-state index contributed by atoms with van der Waals surface area (Å²) in [5, 5.41) is 0. The van der Waals surface area contributed by atoms with Crippen molar-refractivity contribution in [2.75, 3.05) is 0 Å². The summed E-state index contributed by atoms with van der Waals surface area (Å²) in [5.41, 5.74) is 0. The smallest absolute Gasteiger partial charge is 0.123 e. The van der Waals surface area contributed by atoms with E-state index in [-0.39, 0.29) is 0 Å². The normalized spacial score (nSPS) is 37.6. The van der Waals surface area contributed by atoms with Crippen molar-refractivity contribution in [2.24, 2.45) is 11.8 Å². The van der Waals surface area contributed by atoms with Gasteiger partial charge in [0.05, 0.1) is 0 Å². The van der Waals surface area contributed by atoms with Crippen LogP contribution in [0, 0.1) is 11.8 Å². The molecule has 1 fully saturated rings. The van der Waals surface area contributed by atoms with Crippen LogP contribution in [0.4, 0.5) is 0 Å². The minimum absolute atomic E-state index is 0.384. The summed E-state index contributed by atoms with van der Waals surface area (Å²) in [4.78, 5) is 10.2. The molecule has 0 aromatic carbocycles. The molecular formula is C7H12O. The molecule has 0 spiro atoms. The van der Waals surface area contributed by atoms with E-state index in [9.17, 15) is 4.79 Å². The molecule has 1 aliphatic carbocycles. The first-order valence-electron chi connectivity index (χ1n) is 3.30. The van der Waals surface area contributed by atoms with Crippen molar-refractivity contribution >= 4 is 6.29 Å². The molecule has 8 heavy (non-hydrogen) atoms. The van der Waals surface area contributed by atoms with Crippen LogP contribution in [0.3, 0.4) is 0 Å². The lowest BCUT2D eigenvalue weighted by molar-refractivity contribution is -0.111. The van der Waals surface area contributed by atoms with Crippen LogP contribution in [0.25, 0.3) is 0 Å². The Bertz CT molecular complexity index is 88.4. The number of rotatable bonds is 1. The summed E-state index contributed by atoms with van der Waals surface area (Å²) in [6, 6.07) is 0. The number of hydrogen-bond donors (Lipinski definition) is 0. The third-order valence-corrected chi connectivity index (χ3v) is 2.10. The van der Waals surface area contributed by atoms with Gasteiger partial charge in [0.15, 0.2) is 0 Å². The van der Waals surface area contributed by atoms with Crippen LogP contribution in [0.2, 0.25) is 0 Å². The predicted octanol–water partition coefficient (Wildman–Crippen LogP) is 1.62. The van der Waals surface area contributed by atoms with E-state index in [4.69, 9.17) is 0 Å². The molecule has 0 heterocycles. The molecule has 46 valence electrons. The quantitative estimate of drug-likeness (QED) is 0.471. The number of carbonyl (C=O) groups excluding carboxylic acids is 1. The van der Waals surface area contributed by atoms with Crippen molar-refractivity contribution in [1.82, 2.24) is 0 Å². The minimum Gasteiger partial charge on any atom is -0.303 e. The van der Waals surface area contributed by atoms with E-state index in [2.05, 4.69) is 6.92 Å². The third kappa shape index (κ3) is 0.908. The largest absolute Gasteiger partial charge is 0.303 e. The molecule has 0 radical (unpaired) electrons. The van der Waals surface area contributed by atoms with Gasteiger partial charge in [-0.2, -0.15) is 0 Å². The van der Waals surface area contributed by atoms with Crippen molar-refractivity contribution < 1.29 is 4.79 Å². The Kier molecular flexibility index (Phi) is 1.66. The molecule has 1 saturated carbocycles. The van der Waals surface area contributed by atoms with Gasteiger partial charge in [0.2, 0.25) is 0 Å². The van der Waals surface area contributed by atoms with Gasteiger partial charge in [-0.3, -0.25) is 0 Å². The maximum absolute atomic E-state index is 10.2. The van der Waals surface area contributed by atoms with Gasteiger partial charge in [0.25, 0.3) is 0 Å². The van der Waals surface area contributed by atoms with E-state index in [1.165, 1.54) is 12.8 Å². The molecule has 0 amide bonds. The first-order valence-corrected chi connectivity index (χ1v) is 3.30. The van der Waals surface area contributed by atoms with Crippen molar-refractivity contribution in [3.05, 3.63) is 0 Å². The number of aldehydes is 1. The maximum atomic E-state index is 10.2.